The van der Waals surface area contributed by atoms with E-state index in [0.29, 0.717) is 17.8 Å². The van der Waals surface area contributed by atoms with Crippen LogP contribution in [0.3, 0.4) is 0 Å². The van der Waals surface area contributed by atoms with Crippen molar-refractivity contribution in [2.24, 2.45) is 10.2 Å². The number of hydrogen-bond acceptors (Lipinski definition) is 7. The Morgan fingerprint density at radius 2 is 2.08 bits per heavy atom. The van der Waals surface area contributed by atoms with Gasteiger partial charge in [0.2, 0.25) is 0 Å². The van der Waals surface area contributed by atoms with Crippen LogP contribution in [0.5, 0.6) is 5.75 Å². The number of azo groups is 1. The molecule has 1 unspecified atom stereocenters. The molecule has 2 aromatic rings. The van der Waals surface area contributed by atoms with Gasteiger partial charge in [0.1, 0.15) is 5.75 Å². The number of phenolic OH excluding ortho intramolecular Hbond substituents is 1. The van der Waals surface area contributed by atoms with Gasteiger partial charge >= 0.3 is 0 Å². The van der Waals surface area contributed by atoms with Crippen LogP contribution in [-0.2, 0) is 0 Å². The second kappa shape index (κ2) is 6.89. The number of benzene rings is 1. The number of aromatic hydroxyl groups is 1. The summed E-state index contributed by atoms with van der Waals surface area (Å²) in [6.07, 6.45) is 4.00. The fourth-order valence-electron chi connectivity index (χ4n) is 3.70. The van der Waals surface area contributed by atoms with Crippen molar-refractivity contribution in [3.63, 3.8) is 0 Å². The Labute approximate surface area is 157 Å². The second-order valence-electron chi connectivity index (χ2n) is 7.31. The Balaban J connectivity index is 1.49. The molecule has 6 nitrogen and oxygen atoms in total. The van der Waals surface area contributed by atoms with Crippen LogP contribution in [0.25, 0.3) is 10.1 Å². The molecule has 1 saturated heterocycles. The number of phenols is 1. The minimum Gasteiger partial charge on any atom is -0.507 e. The molecule has 0 radical (unpaired) electrons. The van der Waals surface area contributed by atoms with Crippen molar-refractivity contribution in [2.75, 3.05) is 20.6 Å². The minimum absolute atomic E-state index is 0.298. The smallest absolute Gasteiger partial charge is 0.171 e. The first-order chi connectivity index (χ1) is 12.5. The first kappa shape index (κ1) is 17.3. The zero-order valence-electron chi connectivity index (χ0n) is 15.4. The first-order valence-electron chi connectivity index (χ1n) is 9.03. The Morgan fingerprint density at radius 3 is 2.85 bits per heavy atom. The van der Waals surface area contributed by atoms with Gasteiger partial charge in [0, 0.05) is 47.5 Å². The standard InChI is InChI=1S/C19H25N5OS/c1-12-4-5-13(10-23(12)2)20-17-11-24(3)19(22-21-17)15-6-7-16-14(18(15)25)8-9-26-16/h6-9,11-13,19-20,25H,4-5,10H2,1-3H3/t12-,13+,19?/m0/s1. The number of hydrogen-bond donors (Lipinski definition) is 2. The molecule has 1 aromatic heterocycles. The summed E-state index contributed by atoms with van der Waals surface area (Å²) in [7, 11) is 4.14. The molecule has 2 aliphatic rings. The molecule has 1 aromatic carbocycles. The van der Waals surface area contributed by atoms with Gasteiger partial charge < -0.3 is 20.2 Å². The maximum absolute atomic E-state index is 10.6. The summed E-state index contributed by atoms with van der Waals surface area (Å²) in [5, 5.41) is 25.9. The van der Waals surface area contributed by atoms with E-state index in [1.807, 2.05) is 41.7 Å². The van der Waals surface area contributed by atoms with E-state index < -0.39 is 0 Å². The highest BCUT2D eigenvalue weighted by Gasteiger charge is 2.26. The van der Waals surface area contributed by atoms with Gasteiger partial charge in [-0.2, -0.15) is 5.11 Å². The molecule has 2 aliphatic heterocycles. The van der Waals surface area contributed by atoms with Crippen molar-refractivity contribution in [2.45, 2.75) is 38.0 Å². The van der Waals surface area contributed by atoms with E-state index in [4.69, 9.17) is 0 Å². The molecule has 7 heteroatoms. The van der Waals surface area contributed by atoms with Gasteiger partial charge in [0.15, 0.2) is 12.0 Å². The number of thiophene rings is 1. The van der Waals surface area contributed by atoms with Crippen LogP contribution in [0.15, 0.2) is 45.8 Å². The largest absolute Gasteiger partial charge is 0.507 e. The molecular weight excluding hydrogens is 346 g/mol. The van der Waals surface area contributed by atoms with Crippen LogP contribution >= 0.6 is 11.3 Å². The van der Waals surface area contributed by atoms with Crippen molar-refractivity contribution in [1.29, 1.82) is 0 Å². The SMILES string of the molecule is C[C@H]1CC[C@@H](NC2=CN(C)C(c3ccc4sccc4c3O)N=N2)CN1C. The van der Waals surface area contributed by atoms with Crippen LogP contribution in [0.2, 0.25) is 0 Å². The molecule has 1 fully saturated rings. The van der Waals surface area contributed by atoms with Crippen molar-refractivity contribution in [3.8, 4) is 5.75 Å². The Morgan fingerprint density at radius 1 is 1.23 bits per heavy atom. The van der Waals surface area contributed by atoms with Gasteiger partial charge in [0.25, 0.3) is 0 Å². The van der Waals surface area contributed by atoms with Crippen LogP contribution in [0.1, 0.15) is 31.5 Å². The van der Waals surface area contributed by atoms with Gasteiger partial charge in [-0.3, -0.25) is 0 Å². The topological polar surface area (TPSA) is 63.5 Å². The van der Waals surface area contributed by atoms with Crippen molar-refractivity contribution < 1.29 is 5.11 Å². The number of likely N-dealkylation sites (tertiary alicyclic amines) is 1. The monoisotopic (exact) mass is 371 g/mol. The third-order valence-electron chi connectivity index (χ3n) is 5.45. The number of nitrogens with zero attached hydrogens (tertiary/aromatic N) is 4. The molecule has 2 N–H and O–H groups in total. The summed E-state index contributed by atoms with van der Waals surface area (Å²) in [6.45, 7) is 3.28. The Bertz CT molecular complexity index is 861. The Kier molecular flexibility index (Phi) is 4.58. The summed E-state index contributed by atoms with van der Waals surface area (Å²) < 4.78 is 1.08. The maximum Gasteiger partial charge on any atom is 0.171 e. The average Bonchev–Trinajstić information content (AvgIpc) is 3.09. The predicted octanol–water partition coefficient (Wildman–Crippen LogP) is 3.87. The van der Waals surface area contributed by atoms with Crippen molar-refractivity contribution in [3.05, 3.63) is 41.2 Å². The second-order valence-corrected chi connectivity index (χ2v) is 8.26. The van der Waals surface area contributed by atoms with E-state index in [-0.39, 0.29) is 6.17 Å². The van der Waals surface area contributed by atoms with E-state index >= 15 is 0 Å². The summed E-state index contributed by atoms with van der Waals surface area (Å²) in [6, 6.07) is 6.95. The quantitative estimate of drug-likeness (QED) is 0.860. The lowest BCUT2D eigenvalue weighted by Gasteiger charge is -2.36. The zero-order chi connectivity index (χ0) is 18.3. The Hall–Kier alpha value is -2.12. The van der Waals surface area contributed by atoms with E-state index in [0.717, 1.165) is 34.4 Å². The number of fused-ring (bicyclic) bond motifs is 1. The van der Waals surface area contributed by atoms with E-state index in [1.165, 1.54) is 6.42 Å². The van der Waals surface area contributed by atoms with E-state index in [2.05, 4.69) is 34.4 Å². The lowest BCUT2D eigenvalue weighted by Crippen LogP contribution is -2.47. The molecule has 26 heavy (non-hydrogen) atoms. The molecular formula is C19H25N5OS. The highest BCUT2D eigenvalue weighted by Crippen LogP contribution is 2.38. The molecule has 4 rings (SSSR count). The first-order valence-corrected chi connectivity index (χ1v) is 9.91. The lowest BCUT2D eigenvalue weighted by molar-refractivity contribution is 0.168. The molecule has 0 saturated carbocycles. The van der Waals surface area contributed by atoms with E-state index in [9.17, 15) is 5.11 Å². The molecule has 0 bridgehead atoms. The third kappa shape index (κ3) is 3.17. The third-order valence-corrected chi connectivity index (χ3v) is 6.33. The van der Waals surface area contributed by atoms with Gasteiger partial charge in [0.05, 0.1) is 0 Å². The van der Waals surface area contributed by atoms with Crippen LogP contribution < -0.4 is 5.32 Å². The minimum atomic E-state index is -0.307. The fourth-order valence-corrected chi connectivity index (χ4v) is 4.49. The lowest BCUT2D eigenvalue weighted by atomic mass is 10.0. The highest BCUT2D eigenvalue weighted by molar-refractivity contribution is 7.17. The van der Waals surface area contributed by atoms with Gasteiger partial charge in [-0.15, -0.1) is 16.5 Å². The van der Waals surface area contributed by atoms with Crippen LogP contribution in [0.4, 0.5) is 0 Å². The number of piperidine rings is 1. The normalized spacial score (nSPS) is 27.0. The van der Waals surface area contributed by atoms with Gasteiger partial charge in [-0.05, 0) is 50.4 Å². The van der Waals surface area contributed by atoms with Crippen molar-refractivity contribution >= 4 is 21.4 Å². The molecule has 138 valence electrons. The number of nitrogens with one attached hydrogen (secondary N) is 1. The fraction of sp³-hybridized carbons (Fsp3) is 0.474. The van der Waals surface area contributed by atoms with Gasteiger partial charge in [-0.1, -0.05) is 0 Å². The summed E-state index contributed by atoms with van der Waals surface area (Å²) in [5.41, 5.74) is 0.781. The maximum atomic E-state index is 10.6. The van der Waals surface area contributed by atoms with Crippen LogP contribution in [0, 0.1) is 0 Å². The summed E-state index contributed by atoms with van der Waals surface area (Å²) >= 11 is 1.62. The molecule has 0 aliphatic carbocycles. The average molecular weight is 372 g/mol. The summed E-state index contributed by atoms with van der Waals surface area (Å²) in [5.74, 6) is 1.08. The van der Waals surface area contributed by atoms with Crippen molar-refractivity contribution in [1.82, 2.24) is 15.1 Å². The number of likely N-dealkylation sites (N-methyl/N-ethyl adjacent to an activating group) is 1. The molecule has 3 heterocycles. The molecule has 3 atom stereocenters. The zero-order valence-corrected chi connectivity index (χ0v) is 16.2. The summed E-state index contributed by atoms with van der Waals surface area (Å²) in [4.78, 5) is 4.38. The van der Waals surface area contributed by atoms with E-state index in [1.54, 1.807) is 11.3 Å². The molecule has 0 spiro atoms. The van der Waals surface area contributed by atoms with Crippen LogP contribution in [-0.4, -0.2) is 47.6 Å². The number of rotatable bonds is 3. The van der Waals surface area contributed by atoms with Gasteiger partial charge in [-0.25, -0.2) is 0 Å². The molecule has 0 amide bonds. The predicted molar refractivity (Wildman–Crippen MR) is 105 cm³/mol. The highest BCUT2D eigenvalue weighted by atomic mass is 32.1.